The molecule has 0 saturated carbocycles. The summed E-state index contributed by atoms with van der Waals surface area (Å²) in [4.78, 5) is 22.2. The smallest absolute Gasteiger partial charge is 0.410 e. The third-order valence-electron chi connectivity index (χ3n) is 2.24. The first kappa shape index (κ1) is 13.4. The number of nitrogens with one attached hydrogen (secondary N) is 2. The predicted octanol–water partition coefficient (Wildman–Crippen LogP) is 3.08. The maximum atomic E-state index is 11.6. The summed E-state index contributed by atoms with van der Waals surface area (Å²) in [6.07, 6.45) is -1.83. The van der Waals surface area contributed by atoms with Crippen LogP contribution in [0.5, 0.6) is 11.5 Å². The molecule has 0 aliphatic rings. The molecule has 6 nitrogen and oxygen atoms in total. The fourth-order valence-corrected chi connectivity index (χ4v) is 1.48. The first-order valence-corrected chi connectivity index (χ1v) is 5.71. The Hall–Kier alpha value is -3.02. The fourth-order valence-electron chi connectivity index (χ4n) is 1.48. The van der Waals surface area contributed by atoms with Crippen LogP contribution in [-0.2, 0) is 0 Å². The van der Waals surface area contributed by atoms with Crippen molar-refractivity contribution in [3.8, 4) is 11.5 Å². The minimum Gasteiger partial charge on any atom is -0.410 e. The van der Waals surface area contributed by atoms with Crippen molar-refractivity contribution in [3.05, 3.63) is 54.6 Å². The van der Waals surface area contributed by atoms with Crippen molar-refractivity contribution in [2.24, 2.45) is 0 Å². The number of amides is 2. The number of ether oxygens (including phenoxy) is 2. The van der Waals surface area contributed by atoms with Gasteiger partial charge in [-0.1, -0.05) is 24.3 Å². The molecule has 6 heteroatoms. The molecule has 20 heavy (non-hydrogen) atoms. The van der Waals surface area contributed by atoms with Gasteiger partial charge < -0.3 is 9.47 Å². The number of anilines is 1. The Morgan fingerprint density at radius 2 is 1.60 bits per heavy atom. The van der Waals surface area contributed by atoms with E-state index in [1.165, 1.54) is 12.1 Å². The lowest BCUT2D eigenvalue weighted by Gasteiger charge is -2.07. The normalized spacial score (nSPS) is 9.60. The molecule has 0 unspecified atom stereocenters. The fraction of sp³-hybridized carbons (Fsp3) is 0. The highest BCUT2D eigenvalue weighted by molar-refractivity contribution is 5.86. The third-order valence-corrected chi connectivity index (χ3v) is 2.24. The highest BCUT2D eigenvalue weighted by Gasteiger charge is 2.06. The number of rotatable bonds is 3. The minimum absolute atomic E-state index is 0.169. The molecule has 0 atom stereocenters. The van der Waals surface area contributed by atoms with Gasteiger partial charge in [-0.05, 0) is 24.3 Å². The molecule has 0 fully saturated rings. The van der Waals surface area contributed by atoms with Crippen molar-refractivity contribution >= 4 is 17.9 Å². The molecule has 1 radical (unpaired) electrons. The van der Waals surface area contributed by atoms with Gasteiger partial charge in [0.2, 0.25) is 0 Å². The molecule has 0 saturated heterocycles. The molecule has 0 heterocycles. The summed E-state index contributed by atoms with van der Waals surface area (Å²) in [7, 11) is 0. The van der Waals surface area contributed by atoms with Crippen molar-refractivity contribution < 1.29 is 19.1 Å². The summed E-state index contributed by atoms with van der Waals surface area (Å²) in [5, 5.41) is 2.49. The summed E-state index contributed by atoms with van der Waals surface area (Å²) in [5.41, 5.74) is 7.10. The van der Waals surface area contributed by atoms with Crippen LogP contribution in [0.3, 0.4) is 0 Å². The lowest BCUT2D eigenvalue weighted by Crippen LogP contribution is -2.16. The van der Waals surface area contributed by atoms with E-state index in [1.54, 1.807) is 36.4 Å². The van der Waals surface area contributed by atoms with E-state index in [1.807, 2.05) is 6.07 Å². The van der Waals surface area contributed by atoms with Crippen molar-refractivity contribution in [3.63, 3.8) is 0 Å². The van der Waals surface area contributed by atoms with Crippen LogP contribution in [0.15, 0.2) is 54.6 Å². The molecule has 2 N–H and O–H groups in total. The molecule has 0 spiro atoms. The van der Waals surface area contributed by atoms with E-state index in [0.29, 0.717) is 11.4 Å². The second-order valence-electron chi connectivity index (χ2n) is 3.74. The molecule has 2 aromatic rings. The van der Waals surface area contributed by atoms with Gasteiger partial charge >= 0.3 is 12.2 Å². The summed E-state index contributed by atoms with van der Waals surface area (Å²) < 4.78 is 9.63. The van der Waals surface area contributed by atoms with Crippen LogP contribution < -0.4 is 20.5 Å². The third kappa shape index (κ3) is 4.02. The van der Waals surface area contributed by atoms with E-state index < -0.39 is 12.2 Å². The van der Waals surface area contributed by atoms with E-state index in [9.17, 15) is 9.59 Å². The number of para-hydroxylation sites is 1. The van der Waals surface area contributed by atoms with E-state index in [2.05, 4.69) is 10.1 Å². The van der Waals surface area contributed by atoms with Crippen molar-refractivity contribution in [1.29, 1.82) is 0 Å². The van der Waals surface area contributed by atoms with Crippen LogP contribution >= 0.6 is 0 Å². The van der Waals surface area contributed by atoms with Crippen LogP contribution in [0.25, 0.3) is 0 Å². The molecular weight excluding hydrogens is 260 g/mol. The Morgan fingerprint density at radius 3 is 2.30 bits per heavy atom. The topological polar surface area (TPSA) is 88.4 Å². The first-order chi connectivity index (χ1) is 9.63. The first-order valence-electron chi connectivity index (χ1n) is 5.71. The zero-order chi connectivity index (χ0) is 14.4. The molecular formula is C14H11N2O4. The van der Waals surface area contributed by atoms with Gasteiger partial charge in [-0.3, -0.25) is 5.32 Å². The summed E-state index contributed by atoms with van der Waals surface area (Å²) in [6, 6.07) is 14.7. The van der Waals surface area contributed by atoms with Gasteiger partial charge in [0.05, 0.1) is 0 Å². The van der Waals surface area contributed by atoms with E-state index in [0.717, 1.165) is 0 Å². The van der Waals surface area contributed by atoms with E-state index in [-0.39, 0.29) is 5.75 Å². The number of hydrogen-bond donors (Lipinski definition) is 1. The zero-order valence-electron chi connectivity index (χ0n) is 10.3. The highest BCUT2D eigenvalue weighted by Crippen LogP contribution is 2.18. The van der Waals surface area contributed by atoms with Gasteiger partial charge in [-0.2, -0.15) is 0 Å². The molecule has 0 aliphatic carbocycles. The Labute approximate surface area is 115 Å². The molecule has 2 amide bonds. The largest absolute Gasteiger partial charge is 0.431 e. The molecule has 0 aliphatic heterocycles. The summed E-state index contributed by atoms with van der Waals surface area (Å²) in [6.45, 7) is 0. The van der Waals surface area contributed by atoms with Crippen LogP contribution in [0.4, 0.5) is 15.3 Å². The molecule has 0 bridgehead atoms. The second-order valence-corrected chi connectivity index (χ2v) is 3.74. The molecule has 101 valence electrons. The minimum atomic E-state index is -1.17. The maximum Gasteiger partial charge on any atom is 0.431 e. The zero-order valence-corrected chi connectivity index (χ0v) is 10.3. The van der Waals surface area contributed by atoms with Gasteiger partial charge in [-0.25, -0.2) is 15.3 Å². The monoisotopic (exact) mass is 271 g/mol. The summed E-state index contributed by atoms with van der Waals surface area (Å²) in [5.74, 6) is 0.584. The van der Waals surface area contributed by atoms with Gasteiger partial charge in [0.1, 0.15) is 11.5 Å². The number of benzene rings is 2. The average molecular weight is 271 g/mol. The van der Waals surface area contributed by atoms with E-state index in [4.69, 9.17) is 10.5 Å². The van der Waals surface area contributed by atoms with Crippen LogP contribution in [0.1, 0.15) is 0 Å². The van der Waals surface area contributed by atoms with Crippen molar-refractivity contribution in [2.45, 2.75) is 0 Å². The van der Waals surface area contributed by atoms with Crippen LogP contribution in [-0.4, -0.2) is 12.2 Å². The SMILES string of the molecule is [NH]C(=O)Oc1cccc(NC(=O)Oc2ccccc2)c1. The number of hydrogen-bond acceptors (Lipinski definition) is 4. The molecule has 0 aromatic heterocycles. The average Bonchev–Trinajstić information content (AvgIpc) is 2.39. The summed E-state index contributed by atoms with van der Waals surface area (Å²) >= 11 is 0. The van der Waals surface area contributed by atoms with Gasteiger partial charge in [0, 0.05) is 11.8 Å². The van der Waals surface area contributed by atoms with Gasteiger partial charge in [-0.15, -0.1) is 0 Å². The Bertz CT molecular complexity index is 614. The van der Waals surface area contributed by atoms with Crippen LogP contribution in [0, 0.1) is 0 Å². The van der Waals surface area contributed by atoms with Gasteiger partial charge in [0.15, 0.2) is 0 Å². The maximum absolute atomic E-state index is 11.6. The Balaban J connectivity index is 1.99. The molecule has 2 rings (SSSR count). The lowest BCUT2D eigenvalue weighted by molar-refractivity contribution is 0.209. The van der Waals surface area contributed by atoms with Crippen molar-refractivity contribution in [1.82, 2.24) is 5.73 Å². The lowest BCUT2D eigenvalue weighted by atomic mass is 10.3. The van der Waals surface area contributed by atoms with Crippen molar-refractivity contribution in [2.75, 3.05) is 5.32 Å². The van der Waals surface area contributed by atoms with Gasteiger partial charge in [0.25, 0.3) is 0 Å². The standard InChI is InChI=1S/C14H11N2O4/c15-13(17)19-12-8-4-5-10(9-12)16-14(18)20-11-6-2-1-3-7-11/h1-9,15H,(H,16,18). The Kier molecular flexibility index (Phi) is 4.18. The highest BCUT2D eigenvalue weighted by atomic mass is 16.6. The predicted molar refractivity (Wildman–Crippen MR) is 71.7 cm³/mol. The quantitative estimate of drug-likeness (QED) is 0.928. The van der Waals surface area contributed by atoms with Crippen LogP contribution in [0.2, 0.25) is 0 Å². The van der Waals surface area contributed by atoms with E-state index >= 15 is 0 Å². The number of carbonyl (C=O) groups excluding carboxylic acids is 2. The molecule has 2 aromatic carbocycles. The number of carbonyl (C=O) groups is 2. The Morgan fingerprint density at radius 1 is 0.900 bits per heavy atom. The second kappa shape index (κ2) is 6.24.